The molecule has 0 aliphatic rings. The summed E-state index contributed by atoms with van der Waals surface area (Å²) in [5, 5.41) is 6.93. The molecule has 0 fully saturated rings. The average Bonchev–Trinajstić information content (AvgIpc) is 2.75. The Bertz CT molecular complexity index is 470. The molecular weight excluding hydrogens is 209 g/mol. The van der Waals surface area contributed by atoms with Gasteiger partial charge in [-0.3, -0.25) is 5.32 Å². The van der Waals surface area contributed by atoms with E-state index in [1.807, 2.05) is 0 Å². The minimum Gasteiger partial charge on any atom is -0.475 e. The third-order valence-corrected chi connectivity index (χ3v) is 2.01. The number of nitrogens with zero attached hydrogens (tertiary/aromatic N) is 2. The molecule has 5 heteroatoms. The first-order chi connectivity index (χ1) is 7.79. The largest absolute Gasteiger partial charge is 0.475 e. The molecule has 2 rings (SSSR count). The van der Waals surface area contributed by atoms with Gasteiger partial charge in [0.25, 0.3) is 0 Å². The fourth-order valence-corrected chi connectivity index (χ4v) is 1.30. The van der Waals surface area contributed by atoms with Gasteiger partial charge in [0, 0.05) is 0 Å². The molecule has 0 aliphatic heterocycles. The highest BCUT2D eigenvalue weighted by molar-refractivity contribution is 5.32. The van der Waals surface area contributed by atoms with Crippen molar-refractivity contribution in [3.05, 3.63) is 42.5 Å². The van der Waals surface area contributed by atoms with Crippen LogP contribution in [0.3, 0.4) is 0 Å². The lowest BCUT2D eigenvalue weighted by Gasteiger charge is -2.01. The Morgan fingerprint density at radius 1 is 1.50 bits per heavy atom. The maximum atomic E-state index is 13.0. The molecule has 0 atom stereocenters. The van der Waals surface area contributed by atoms with E-state index < -0.39 is 0 Å². The standard InChI is InChI=1S/C11H12FN3O/c1-13-8-16-11-6-14-15(7-11)10-4-2-3-9(12)5-10/h2-7,13H,8H2,1H3. The number of halogens is 1. The number of benzene rings is 1. The van der Waals surface area contributed by atoms with Crippen LogP contribution in [0.2, 0.25) is 0 Å². The van der Waals surface area contributed by atoms with Crippen LogP contribution >= 0.6 is 0 Å². The van der Waals surface area contributed by atoms with Crippen molar-refractivity contribution in [3.8, 4) is 11.4 Å². The van der Waals surface area contributed by atoms with E-state index >= 15 is 0 Å². The fourth-order valence-electron chi connectivity index (χ4n) is 1.30. The Balaban J connectivity index is 2.18. The maximum absolute atomic E-state index is 13.0. The van der Waals surface area contributed by atoms with Gasteiger partial charge in [0.05, 0.1) is 18.1 Å². The number of aromatic nitrogens is 2. The second-order valence-electron chi connectivity index (χ2n) is 3.24. The zero-order valence-corrected chi connectivity index (χ0v) is 8.85. The van der Waals surface area contributed by atoms with Crippen molar-refractivity contribution in [1.29, 1.82) is 0 Å². The minimum absolute atomic E-state index is 0.286. The molecule has 0 radical (unpaired) electrons. The monoisotopic (exact) mass is 221 g/mol. The number of ether oxygens (including phenoxy) is 1. The third kappa shape index (κ3) is 2.38. The Kier molecular flexibility index (Phi) is 3.16. The van der Waals surface area contributed by atoms with Gasteiger partial charge in [-0.1, -0.05) is 6.07 Å². The SMILES string of the molecule is CNCOc1cnn(-c2cccc(F)c2)c1. The quantitative estimate of drug-likeness (QED) is 0.796. The Morgan fingerprint density at radius 2 is 2.38 bits per heavy atom. The highest BCUT2D eigenvalue weighted by Gasteiger charge is 2.02. The lowest BCUT2D eigenvalue weighted by Crippen LogP contribution is -2.13. The highest BCUT2D eigenvalue weighted by atomic mass is 19.1. The molecular formula is C11H12FN3O. The summed E-state index contributed by atoms with van der Waals surface area (Å²) < 4.78 is 19.8. The molecule has 1 aromatic heterocycles. The van der Waals surface area contributed by atoms with E-state index in [1.54, 1.807) is 36.3 Å². The van der Waals surface area contributed by atoms with E-state index in [4.69, 9.17) is 4.74 Å². The van der Waals surface area contributed by atoms with Gasteiger partial charge in [0.1, 0.15) is 12.5 Å². The van der Waals surface area contributed by atoms with Crippen molar-refractivity contribution < 1.29 is 9.13 Å². The van der Waals surface area contributed by atoms with Crippen LogP contribution in [0.25, 0.3) is 5.69 Å². The average molecular weight is 221 g/mol. The van der Waals surface area contributed by atoms with Crippen molar-refractivity contribution in [2.45, 2.75) is 0 Å². The number of hydrogen-bond acceptors (Lipinski definition) is 3. The fraction of sp³-hybridized carbons (Fsp3) is 0.182. The van der Waals surface area contributed by atoms with Crippen LogP contribution < -0.4 is 10.1 Å². The van der Waals surface area contributed by atoms with E-state index in [0.29, 0.717) is 18.2 Å². The molecule has 0 aliphatic carbocycles. The number of nitrogens with one attached hydrogen (secondary N) is 1. The van der Waals surface area contributed by atoms with Crippen molar-refractivity contribution in [2.24, 2.45) is 0 Å². The summed E-state index contributed by atoms with van der Waals surface area (Å²) in [5.74, 6) is 0.351. The second-order valence-corrected chi connectivity index (χ2v) is 3.24. The van der Waals surface area contributed by atoms with E-state index in [1.165, 1.54) is 12.1 Å². The topological polar surface area (TPSA) is 39.1 Å². The predicted molar refractivity (Wildman–Crippen MR) is 58.1 cm³/mol. The molecule has 0 saturated heterocycles. The van der Waals surface area contributed by atoms with Gasteiger partial charge in [-0.15, -0.1) is 0 Å². The van der Waals surface area contributed by atoms with Crippen LogP contribution in [0.4, 0.5) is 4.39 Å². The van der Waals surface area contributed by atoms with Gasteiger partial charge in [0.15, 0.2) is 5.75 Å². The first-order valence-corrected chi connectivity index (χ1v) is 4.87. The molecule has 16 heavy (non-hydrogen) atoms. The van der Waals surface area contributed by atoms with Crippen molar-refractivity contribution in [3.63, 3.8) is 0 Å². The normalized spacial score (nSPS) is 10.4. The van der Waals surface area contributed by atoms with Gasteiger partial charge in [-0.05, 0) is 25.2 Å². The lowest BCUT2D eigenvalue weighted by atomic mass is 10.3. The lowest BCUT2D eigenvalue weighted by molar-refractivity contribution is 0.296. The van der Waals surface area contributed by atoms with Gasteiger partial charge in [-0.2, -0.15) is 5.10 Å². The van der Waals surface area contributed by atoms with Crippen molar-refractivity contribution in [1.82, 2.24) is 15.1 Å². The third-order valence-electron chi connectivity index (χ3n) is 2.01. The van der Waals surface area contributed by atoms with Crippen LogP contribution in [-0.4, -0.2) is 23.6 Å². The predicted octanol–water partition coefficient (Wildman–Crippen LogP) is 1.57. The van der Waals surface area contributed by atoms with E-state index in [0.717, 1.165) is 0 Å². The Morgan fingerprint density at radius 3 is 3.12 bits per heavy atom. The van der Waals surface area contributed by atoms with Crippen LogP contribution in [0, 0.1) is 5.82 Å². The molecule has 1 heterocycles. The van der Waals surface area contributed by atoms with Crippen LogP contribution in [0.15, 0.2) is 36.7 Å². The van der Waals surface area contributed by atoms with Crippen molar-refractivity contribution >= 4 is 0 Å². The highest BCUT2D eigenvalue weighted by Crippen LogP contribution is 2.14. The summed E-state index contributed by atoms with van der Waals surface area (Å²) in [6.07, 6.45) is 3.29. The first kappa shape index (κ1) is 10.6. The summed E-state index contributed by atoms with van der Waals surface area (Å²) in [6, 6.07) is 6.22. The summed E-state index contributed by atoms with van der Waals surface area (Å²) in [4.78, 5) is 0. The zero-order valence-electron chi connectivity index (χ0n) is 8.85. The summed E-state index contributed by atoms with van der Waals surface area (Å²) in [7, 11) is 1.79. The number of rotatable bonds is 4. The van der Waals surface area contributed by atoms with Gasteiger partial charge >= 0.3 is 0 Å². The Labute approximate surface area is 92.7 Å². The van der Waals surface area contributed by atoms with E-state index in [9.17, 15) is 4.39 Å². The van der Waals surface area contributed by atoms with Crippen LogP contribution in [0.1, 0.15) is 0 Å². The van der Waals surface area contributed by atoms with Gasteiger partial charge in [0.2, 0.25) is 0 Å². The number of hydrogen-bond donors (Lipinski definition) is 1. The van der Waals surface area contributed by atoms with Crippen LogP contribution in [-0.2, 0) is 0 Å². The van der Waals surface area contributed by atoms with Gasteiger partial charge in [-0.25, -0.2) is 9.07 Å². The summed E-state index contributed by atoms with van der Waals surface area (Å²) >= 11 is 0. The van der Waals surface area contributed by atoms with E-state index in [-0.39, 0.29) is 5.82 Å². The molecule has 4 nitrogen and oxygen atoms in total. The molecule has 0 saturated carbocycles. The molecule has 0 amide bonds. The second kappa shape index (κ2) is 4.76. The summed E-state index contributed by atoms with van der Waals surface area (Å²) in [6.45, 7) is 0.412. The smallest absolute Gasteiger partial charge is 0.159 e. The molecule has 1 N–H and O–H groups in total. The van der Waals surface area contributed by atoms with Gasteiger partial charge < -0.3 is 4.74 Å². The van der Waals surface area contributed by atoms with Crippen LogP contribution in [0.5, 0.6) is 5.75 Å². The van der Waals surface area contributed by atoms with Crippen molar-refractivity contribution in [2.75, 3.05) is 13.8 Å². The molecule has 0 unspecified atom stereocenters. The van der Waals surface area contributed by atoms with E-state index in [2.05, 4.69) is 10.4 Å². The Hall–Kier alpha value is -1.88. The molecule has 2 aromatic rings. The molecule has 0 bridgehead atoms. The molecule has 84 valence electrons. The maximum Gasteiger partial charge on any atom is 0.159 e. The zero-order chi connectivity index (χ0) is 11.4. The minimum atomic E-state index is -0.286. The summed E-state index contributed by atoms with van der Waals surface area (Å²) in [5.41, 5.74) is 0.666. The first-order valence-electron chi connectivity index (χ1n) is 4.87. The molecule has 0 spiro atoms. The molecule has 1 aromatic carbocycles.